The fourth-order valence-electron chi connectivity index (χ4n) is 3.74. The molecule has 0 amide bonds. The first-order valence-corrected chi connectivity index (χ1v) is 8.28. The van der Waals surface area contributed by atoms with Crippen LogP contribution in [0.5, 0.6) is 5.75 Å². The number of benzene rings is 1. The first-order chi connectivity index (χ1) is 10.1. The Hall–Kier alpha value is -1.06. The summed E-state index contributed by atoms with van der Waals surface area (Å²) >= 11 is 0. The highest BCUT2D eigenvalue weighted by atomic mass is 16.3. The minimum Gasteiger partial charge on any atom is -0.508 e. The standard InChI is InChI=1S/C18H32N2O/c1-6-18(7-2,20(8-3)9-4)17(19-5)14-15-11-10-12-16(21)13-15/h10-13,17,19,21H,6-9,14H2,1-5H3. The lowest BCUT2D eigenvalue weighted by Gasteiger charge is -2.48. The van der Waals surface area contributed by atoms with Gasteiger partial charge in [-0.2, -0.15) is 0 Å². The van der Waals surface area contributed by atoms with Gasteiger partial charge in [0.05, 0.1) is 0 Å². The van der Waals surface area contributed by atoms with Gasteiger partial charge in [-0.05, 0) is 57.1 Å². The summed E-state index contributed by atoms with van der Waals surface area (Å²) in [6, 6.07) is 8.00. The predicted molar refractivity (Wildman–Crippen MR) is 90.9 cm³/mol. The molecule has 0 radical (unpaired) electrons. The smallest absolute Gasteiger partial charge is 0.115 e. The lowest BCUT2D eigenvalue weighted by Crippen LogP contribution is -2.61. The van der Waals surface area contributed by atoms with Crippen LogP contribution in [-0.4, -0.2) is 41.7 Å². The topological polar surface area (TPSA) is 35.5 Å². The minimum atomic E-state index is 0.156. The zero-order valence-corrected chi connectivity index (χ0v) is 14.3. The van der Waals surface area contributed by atoms with Crippen molar-refractivity contribution in [3.63, 3.8) is 0 Å². The Labute approximate surface area is 130 Å². The normalized spacial score (nSPS) is 13.6. The van der Waals surface area contributed by atoms with Crippen LogP contribution in [0, 0.1) is 0 Å². The Bertz CT molecular complexity index is 411. The Morgan fingerprint density at radius 2 is 1.76 bits per heavy atom. The zero-order chi connectivity index (χ0) is 15.9. The van der Waals surface area contributed by atoms with E-state index in [2.05, 4.69) is 51.0 Å². The van der Waals surface area contributed by atoms with Gasteiger partial charge in [0.2, 0.25) is 0 Å². The molecule has 0 aliphatic heterocycles. The van der Waals surface area contributed by atoms with Crippen molar-refractivity contribution >= 4 is 0 Å². The van der Waals surface area contributed by atoms with Crippen LogP contribution in [0.1, 0.15) is 46.1 Å². The fraction of sp³-hybridized carbons (Fsp3) is 0.667. The second-order valence-corrected chi connectivity index (χ2v) is 5.70. The second kappa shape index (κ2) is 8.40. The first kappa shape index (κ1) is 18.0. The SMILES string of the molecule is CCN(CC)C(CC)(CC)C(Cc1cccc(O)c1)NC. The number of phenols is 1. The van der Waals surface area contributed by atoms with Crippen LogP contribution in [-0.2, 0) is 6.42 Å². The molecule has 1 atom stereocenters. The molecule has 1 rings (SSSR count). The molecule has 1 unspecified atom stereocenters. The molecule has 2 N–H and O–H groups in total. The Balaban J connectivity index is 3.07. The molecule has 0 aliphatic carbocycles. The molecule has 0 bridgehead atoms. The van der Waals surface area contributed by atoms with Gasteiger partial charge in [-0.25, -0.2) is 0 Å². The largest absolute Gasteiger partial charge is 0.508 e. The van der Waals surface area contributed by atoms with Crippen molar-refractivity contribution in [2.75, 3.05) is 20.1 Å². The van der Waals surface area contributed by atoms with E-state index in [1.165, 1.54) is 5.56 Å². The van der Waals surface area contributed by atoms with Crippen molar-refractivity contribution in [1.29, 1.82) is 0 Å². The summed E-state index contributed by atoms with van der Waals surface area (Å²) in [4.78, 5) is 2.58. The quantitative estimate of drug-likeness (QED) is 0.732. The number of likely N-dealkylation sites (N-methyl/N-ethyl adjacent to an activating group) is 2. The maximum Gasteiger partial charge on any atom is 0.115 e. The zero-order valence-electron chi connectivity index (χ0n) is 14.3. The number of nitrogens with one attached hydrogen (secondary N) is 1. The van der Waals surface area contributed by atoms with Crippen molar-refractivity contribution in [1.82, 2.24) is 10.2 Å². The Morgan fingerprint density at radius 1 is 1.14 bits per heavy atom. The molecule has 21 heavy (non-hydrogen) atoms. The van der Waals surface area contributed by atoms with Gasteiger partial charge in [0.1, 0.15) is 5.75 Å². The van der Waals surface area contributed by atoms with E-state index in [1.807, 2.05) is 12.1 Å². The van der Waals surface area contributed by atoms with E-state index in [0.717, 1.165) is 32.4 Å². The van der Waals surface area contributed by atoms with Gasteiger partial charge in [-0.15, -0.1) is 0 Å². The second-order valence-electron chi connectivity index (χ2n) is 5.70. The molecule has 1 aromatic carbocycles. The molecule has 0 aromatic heterocycles. The monoisotopic (exact) mass is 292 g/mol. The van der Waals surface area contributed by atoms with E-state index in [1.54, 1.807) is 6.07 Å². The predicted octanol–water partition coefficient (Wildman–Crippen LogP) is 3.42. The third-order valence-corrected chi connectivity index (χ3v) is 4.97. The summed E-state index contributed by atoms with van der Waals surface area (Å²) in [6.07, 6.45) is 3.17. The fourth-order valence-corrected chi connectivity index (χ4v) is 3.74. The van der Waals surface area contributed by atoms with Crippen molar-refractivity contribution in [2.45, 2.75) is 58.5 Å². The van der Waals surface area contributed by atoms with E-state index in [0.29, 0.717) is 11.8 Å². The maximum atomic E-state index is 9.69. The number of phenolic OH excluding ortho intramolecular Hbond substituents is 1. The minimum absolute atomic E-state index is 0.156. The van der Waals surface area contributed by atoms with Crippen LogP contribution in [0.15, 0.2) is 24.3 Å². The molecule has 0 saturated carbocycles. The molecule has 0 fully saturated rings. The molecule has 1 aromatic rings. The number of aromatic hydroxyl groups is 1. The number of rotatable bonds is 9. The third-order valence-electron chi connectivity index (χ3n) is 4.97. The average molecular weight is 292 g/mol. The first-order valence-electron chi connectivity index (χ1n) is 8.28. The van der Waals surface area contributed by atoms with Crippen LogP contribution in [0.2, 0.25) is 0 Å². The summed E-state index contributed by atoms with van der Waals surface area (Å²) in [7, 11) is 2.05. The molecule has 0 saturated heterocycles. The summed E-state index contributed by atoms with van der Waals surface area (Å²) < 4.78 is 0. The van der Waals surface area contributed by atoms with Gasteiger partial charge in [-0.3, -0.25) is 4.90 Å². The lowest BCUT2D eigenvalue weighted by molar-refractivity contribution is 0.0519. The number of hydrogen-bond donors (Lipinski definition) is 2. The van der Waals surface area contributed by atoms with Gasteiger partial charge >= 0.3 is 0 Å². The van der Waals surface area contributed by atoms with E-state index < -0.39 is 0 Å². The molecule has 120 valence electrons. The van der Waals surface area contributed by atoms with Gasteiger partial charge in [0.25, 0.3) is 0 Å². The molecular formula is C18H32N2O. The summed E-state index contributed by atoms with van der Waals surface area (Å²) in [5.41, 5.74) is 1.34. The van der Waals surface area contributed by atoms with E-state index in [4.69, 9.17) is 0 Å². The van der Waals surface area contributed by atoms with E-state index in [9.17, 15) is 5.11 Å². The van der Waals surface area contributed by atoms with Gasteiger partial charge < -0.3 is 10.4 Å². The summed E-state index contributed by atoms with van der Waals surface area (Å²) in [6.45, 7) is 11.2. The Kier molecular flexibility index (Phi) is 7.20. The number of hydrogen-bond acceptors (Lipinski definition) is 3. The summed E-state index contributed by atoms with van der Waals surface area (Å²) in [5.74, 6) is 0.351. The van der Waals surface area contributed by atoms with Crippen LogP contribution >= 0.6 is 0 Å². The van der Waals surface area contributed by atoms with Crippen LogP contribution in [0.3, 0.4) is 0 Å². The molecule has 3 heteroatoms. The van der Waals surface area contributed by atoms with E-state index in [-0.39, 0.29) is 5.54 Å². The molecule has 0 aliphatic rings. The number of nitrogens with zero attached hydrogens (tertiary/aromatic N) is 1. The third kappa shape index (κ3) is 3.98. The highest BCUT2D eigenvalue weighted by Gasteiger charge is 2.38. The van der Waals surface area contributed by atoms with Gasteiger partial charge in [0.15, 0.2) is 0 Å². The van der Waals surface area contributed by atoms with Crippen molar-refractivity contribution in [3.05, 3.63) is 29.8 Å². The average Bonchev–Trinajstić information content (AvgIpc) is 2.51. The van der Waals surface area contributed by atoms with Crippen LogP contribution < -0.4 is 5.32 Å². The molecule has 0 spiro atoms. The highest BCUT2D eigenvalue weighted by molar-refractivity contribution is 5.28. The van der Waals surface area contributed by atoms with Crippen molar-refractivity contribution in [2.24, 2.45) is 0 Å². The Morgan fingerprint density at radius 3 is 2.19 bits per heavy atom. The molecular weight excluding hydrogens is 260 g/mol. The van der Waals surface area contributed by atoms with Crippen molar-refractivity contribution in [3.8, 4) is 5.75 Å². The summed E-state index contributed by atoms with van der Waals surface area (Å²) in [5, 5.41) is 13.2. The lowest BCUT2D eigenvalue weighted by atomic mass is 9.79. The van der Waals surface area contributed by atoms with Crippen molar-refractivity contribution < 1.29 is 5.11 Å². The highest BCUT2D eigenvalue weighted by Crippen LogP contribution is 2.30. The van der Waals surface area contributed by atoms with E-state index >= 15 is 0 Å². The molecule has 0 heterocycles. The van der Waals surface area contributed by atoms with Gasteiger partial charge in [0, 0.05) is 11.6 Å². The molecule has 3 nitrogen and oxygen atoms in total. The van der Waals surface area contributed by atoms with Crippen LogP contribution in [0.4, 0.5) is 0 Å². The van der Waals surface area contributed by atoms with Gasteiger partial charge in [-0.1, -0.05) is 39.8 Å². The maximum absolute atomic E-state index is 9.69. The van der Waals surface area contributed by atoms with Crippen LogP contribution in [0.25, 0.3) is 0 Å².